The van der Waals surface area contributed by atoms with Crippen LogP contribution in [-0.4, -0.2) is 24.6 Å². The zero-order valence-electron chi connectivity index (χ0n) is 13.3. The molecule has 2 aliphatic carbocycles. The minimum Gasteiger partial charge on any atom is -0.468 e. The van der Waals surface area contributed by atoms with Gasteiger partial charge in [0, 0.05) is 21.9 Å². The first-order valence-corrected chi connectivity index (χ1v) is 8.63. The van der Waals surface area contributed by atoms with Crippen molar-refractivity contribution in [1.29, 1.82) is 0 Å². The normalized spacial score (nSPS) is 29.7. The zero-order chi connectivity index (χ0) is 16.8. The number of methoxy groups -OCH3 is 1. The van der Waals surface area contributed by atoms with Crippen molar-refractivity contribution in [3.05, 3.63) is 33.8 Å². The summed E-state index contributed by atoms with van der Waals surface area (Å²) in [7, 11) is 1.30. The van der Waals surface area contributed by atoms with Crippen LogP contribution in [0.15, 0.2) is 22.7 Å². The van der Waals surface area contributed by atoms with Gasteiger partial charge < -0.3 is 4.74 Å². The molecule has 1 saturated carbocycles. The van der Waals surface area contributed by atoms with Crippen molar-refractivity contribution >= 4 is 33.5 Å². The highest BCUT2D eigenvalue weighted by molar-refractivity contribution is 9.10. The monoisotopic (exact) mass is 378 g/mol. The number of hydrogen-bond acceptors (Lipinski definition) is 4. The van der Waals surface area contributed by atoms with Gasteiger partial charge in [0.1, 0.15) is 11.2 Å². The number of ketones is 2. The number of rotatable bonds is 2. The third-order valence-electron chi connectivity index (χ3n) is 5.51. The summed E-state index contributed by atoms with van der Waals surface area (Å²) in [5, 5.41) is 0. The van der Waals surface area contributed by atoms with E-state index >= 15 is 0 Å². The summed E-state index contributed by atoms with van der Waals surface area (Å²) in [6, 6.07) is 5.72. The van der Waals surface area contributed by atoms with Gasteiger partial charge in [-0.3, -0.25) is 14.4 Å². The number of benzene rings is 1. The van der Waals surface area contributed by atoms with E-state index in [-0.39, 0.29) is 24.4 Å². The minimum absolute atomic E-state index is 0.0584. The second-order valence-corrected chi connectivity index (χ2v) is 7.53. The van der Waals surface area contributed by atoms with Crippen LogP contribution in [-0.2, 0) is 20.7 Å². The Morgan fingerprint density at radius 3 is 2.74 bits per heavy atom. The van der Waals surface area contributed by atoms with E-state index in [0.29, 0.717) is 24.8 Å². The molecule has 2 atom stereocenters. The Morgan fingerprint density at radius 2 is 2.09 bits per heavy atom. The van der Waals surface area contributed by atoms with Gasteiger partial charge in [-0.25, -0.2) is 0 Å². The number of carbonyl (C=O) groups excluding carboxylic acids is 3. The molecule has 0 N–H and O–H groups in total. The molecule has 122 valence electrons. The topological polar surface area (TPSA) is 60.4 Å². The Labute approximate surface area is 143 Å². The molecule has 1 aromatic rings. The number of hydrogen-bond donors (Lipinski definition) is 0. The quantitative estimate of drug-likeness (QED) is 0.583. The number of carbonyl (C=O) groups is 3. The molecule has 0 bridgehead atoms. The van der Waals surface area contributed by atoms with Gasteiger partial charge >= 0.3 is 5.97 Å². The van der Waals surface area contributed by atoms with Crippen molar-refractivity contribution in [1.82, 2.24) is 0 Å². The van der Waals surface area contributed by atoms with Crippen LogP contribution in [0.25, 0.3) is 0 Å². The van der Waals surface area contributed by atoms with Crippen molar-refractivity contribution in [2.24, 2.45) is 10.8 Å². The summed E-state index contributed by atoms with van der Waals surface area (Å²) in [5.74, 6) is -0.542. The molecule has 3 rings (SSSR count). The molecule has 23 heavy (non-hydrogen) atoms. The number of Topliss-reactive ketones (excluding diaryl/α,β-unsaturated/α-hetero) is 2. The van der Waals surface area contributed by atoms with E-state index in [1.54, 1.807) is 0 Å². The van der Waals surface area contributed by atoms with Crippen LogP contribution in [0.1, 0.15) is 48.5 Å². The molecule has 0 aliphatic heterocycles. The van der Waals surface area contributed by atoms with Crippen LogP contribution < -0.4 is 0 Å². The fraction of sp³-hybridized carbons (Fsp3) is 0.500. The molecule has 1 fully saturated rings. The van der Waals surface area contributed by atoms with Crippen molar-refractivity contribution < 1.29 is 19.1 Å². The van der Waals surface area contributed by atoms with Crippen LogP contribution in [0.5, 0.6) is 0 Å². The van der Waals surface area contributed by atoms with Crippen molar-refractivity contribution in [2.45, 2.75) is 39.0 Å². The van der Waals surface area contributed by atoms with Gasteiger partial charge in [-0.2, -0.15) is 0 Å². The average molecular weight is 379 g/mol. The first-order chi connectivity index (χ1) is 10.9. The summed E-state index contributed by atoms with van der Waals surface area (Å²) < 4.78 is 5.77. The van der Waals surface area contributed by atoms with E-state index < -0.39 is 16.8 Å². The van der Waals surface area contributed by atoms with Gasteiger partial charge in [0.2, 0.25) is 0 Å². The zero-order valence-corrected chi connectivity index (χ0v) is 14.9. The van der Waals surface area contributed by atoms with Crippen LogP contribution in [0, 0.1) is 10.8 Å². The van der Waals surface area contributed by atoms with E-state index in [9.17, 15) is 14.4 Å². The number of halogens is 1. The third-order valence-corrected chi connectivity index (χ3v) is 6.00. The lowest BCUT2D eigenvalue weighted by Crippen LogP contribution is -2.50. The summed E-state index contributed by atoms with van der Waals surface area (Å²) in [5.41, 5.74) is -0.116. The largest absolute Gasteiger partial charge is 0.468 e. The molecule has 0 saturated heterocycles. The summed E-state index contributed by atoms with van der Waals surface area (Å²) >= 11 is 3.40. The fourth-order valence-corrected chi connectivity index (χ4v) is 4.56. The van der Waals surface area contributed by atoms with Crippen LogP contribution in [0.3, 0.4) is 0 Å². The molecule has 0 aromatic heterocycles. The van der Waals surface area contributed by atoms with Gasteiger partial charge in [0.05, 0.1) is 7.11 Å². The van der Waals surface area contributed by atoms with E-state index in [2.05, 4.69) is 15.9 Å². The van der Waals surface area contributed by atoms with E-state index in [1.165, 1.54) is 7.11 Å². The third kappa shape index (κ3) is 2.28. The van der Waals surface area contributed by atoms with E-state index in [4.69, 9.17) is 4.74 Å². The first kappa shape index (κ1) is 16.4. The fourth-order valence-electron chi connectivity index (χ4n) is 4.19. The van der Waals surface area contributed by atoms with Crippen LogP contribution in [0.4, 0.5) is 0 Å². The Bertz CT molecular complexity index is 701. The summed E-state index contributed by atoms with van der Waals surface area (Å²) in [6.45, 7) is 1.82. The second kappa shape index (κ2) is 5.55. The number of ether oxygens (including phenoxy) is 1. The molecule has 2 aliphatic rings. The van der Waals surface area contributed by atoms with Gasteiger partial charge in [-0.15, -0.1) is 0 Å². The molecule has 2 unspecified atom stereocenters. The van der Waals surface area contributed by atoms with E-state index in [1.807, 2.05) is 25.1 Å². The van der Waals surface area contributed by atoms with Crippen LogP contribution in [0.2, 0.25) is 0 Å². The highest BCUT2D eigenvalue weighted by Gasteiger charge is 2.58. The predicted molar refractivity (Wildman–Crippen MR) is 88.2 cm³/mol. The van der Waals surface area contributed by atoms with Crippen molar-refractivity contribution in [3.63, 3.8) is 0 Å². The molecule has 1 spiro atoms. The number of fused-ring (bicyclic) bond motifs is 1. The standard InChI is InChI=1S/C18H19BrO4/c1-3-18(16(22)23-2)10-17(7-6-14(18)20)9-11-4-5-12(19)8-13(11)15(17)21/h4-5,8H,3,6-7,9-10H2,1-2H3. The smallest absolute Gasteiger partial charge is 0.319 e. The van der Waals surface area contributed by atoms with Crippen molar-refractivity contribution in [3.8, 4) is 0 Å². The maximum atomic E-state index is 13.1. The Morgan fingerprint density at radius 1 is 1.35 bits per heavy atom. The lowest BCUT2D eigenvalue weighted by atomic mass is 9.58. The maximum Gasteiger partial charge on any atom is 0.319 e. The molecule has 0 heterocycles. The van der Waals surface area contributed by atoms with Gasteiger partial charge in [-0.05, 0) is 43.4 Å². The molecule has 0 radical (unpaired) electrons. The lowest BCUT2D eigenvalue weighted by Gasteiger charge is -2.42. The SMILES string of the molecule is CCC1(C(=O)OC)CC2(CCC1=O)Cc1ccc(Br)cc1C2=O. The number of esters is 1. The predicted octanol–water partition coefficient (Wildman–Crippen LogP) is 3.50. The molecule has 1 aromatic carbocycles. The summed E-state index contributed by atoms with van der Waals surface area (Å²) in [4.78, 5) is 37.9. The highest BCUT2D eigenvalue weighted by atomic mass is 79.9. The Balaban J connectivity index is 2.03. The Hall–Kier alpha value is -1.49. The molecule has 5 heteroatoms. The van der Waals surface area contributed by atoms with Crippen molar-refractivity contribution in [2.75, 3.05) is 7.11 Å². The minimum atomic E-state index is -1.18. The van der Waals surface area contributed by atoms with E-state index in [0.717, 1.165) is 10.0 Å². The maximum absolute atomic E-state index is 13.1. The van der Waals surface area contributed by atoms with Gasteiger partial charge in [-0.1, -0.05) is 28.9 Å². The van der Waals surface area contributed by atoms with Gasteiger partial charge in [0.15, 0.2) is 5.78 Å². The highest BCUT2D eigenvalue weighted by Crippen LogP contribution is 2.53. The molecular weight excluding hydrogens is 360 g/mol. The Kier molecular flexibility index (Phi) is 3.95. The van der Waals surface area contributed by atoms with Crippen LogP contribution >= 0.6 is 15.9 Å². The summed E-state index contributed by atoms with van der Waals surface area (Å²) in [6.07, 6.45) is 1.99. The average Bonchev–Trinajstić information content (AvgIpc) is 2.81. The molecular formula is C18H19BrO4. The van der Waals surface area contributed by atoms with Gasteiger partial charge in [0.25, 0.3) is 0 Å². The molecule has 4 nitrogen and oxygen atoms in total. The first-order valence-electron chi connectivity index (χ1n) is 7.83. The second-order valence-electron chi connectivity index (χ2n) is 6.61. The lowest BCUT2D eigenvalue weighted by molar-refractivity contribution is -0.163. The molecule has 0 amide bonds.